The molecule has 4 aliphatic rings. The van der Waals surface area contributed by atoms with Crippen LogP contribution in [0.4, 0.5) is 0 Å². The van der Waals surface area contributed by atoms with E-state index in [0.717, 1.165) is 0 Å². The molecular weight excluding hydrogens is 566 g/mol. The molecule has 5 heterocycles. The number of fused-ring (bicyclic) bond motifs is 1. The van der Waals surface area contributed by atoms with Gasteiger partial charge in [0.05, 0.1) is 24.1 Å². The smallest absolute Gasteiger partial charge is 0.353 e. The Balaban J connectivity index is 1.17. The maximum absolute atomic E-state index is 13.2. The van der Waals surface area contributed by atoms with Gasteiger partial charge in [0.1, 0.15) is 18.6 Å². The van der Waals surface area contributed by atoms with Gasteiger partial charge in [-0.25, -0.2) is 9.48 Å². The van der Waals surface area contributed by atoms with Gasteiger partial charge in [0, 0.05) is 68.3 Å². The maximum Gasteiger partial charge on any atom is 0.353 e. The van der Waals surface area contributed by atoms with Gasteiger partial charge in [0.2, 0.25) is 11.8 Å². The van der Waals surface area contributed by atoms with Crippen molar-refractivity contribution in [2.75, 3.05) is 45.8 Å². The van der Waals surface area contributed by atoms with Crippen molar-refractivity contribution in [1.29, 1.82) is 0 Å². The summed E-state index contributed by atoms with van der Waals surface area (Å²) >= 11 is 1.45. The molecule has 16 heteroatoms. The number of tetrazole rings is 1. The molecule has 0 unspecified atom stereocenters. The van der Waals surface area contributed by atoms with Crippen LogP contribution in [0.2, 0.25) is 0 Å². The quantitative estimate of drug-likeness (QED) is 0.190. The molecule has 0 bridgehead atoms. The molecule has 15 nitrogen and oxygen atoms in total. The number of carbonyl (C=O) groups is 4. The van der Waals surface area contributed by atoms with Gasteiger partial charge in [-0.1, -0.05) is 13.8 Å². The molecule has 230 valence electrons. The second-order valence-electron chi connectivity index (χ2n) is 11.7. The molecule has 7 atom stereocenters. The molecule has 1 aromatic rings. The third kappa shape index (κ3) is 6.08. The van der Waals surface area contributed by atoms with Gasteiger partial charge >= 0.3 is 5.97 Å². The van der Waals surface area contributed by atoms with Crippen molar-refractivity contribution in [2.24, 2.45) is 23.5 Å². The highest BCUT2D eigenvalue weighted by Gasteiger charge is 2.60. The lowest BCUT2D eigenvalue weighted by Gasteiger charge is -2.47. The van der Waals surface area contributed by atoms with Gasteiger partial charge in [0.25, 0.3) is 0 Å². The van der Waals surface area contributed by atoms with E-state index < -0.39 is 18.0 Å². The van der Waals surface area contributed by atoms with Crippen molar-refractivity contribution in [3.63, 3.8) is 0 Å². The third-order valence-electron chi connectivity index (χ3n) is 8.79. The van der Waals surface area contributed by atoms with Gasteiger partial charge in [-0.05, 0) is 22.8 Å². The number of nitrogens with two attached hydrogens (primary N) is 1. The minimum absolute atomic E-state index is 0.0174. The Bertz CT molecular complexity index is 1220. The van der Waals surface area contributed by atoms with Crippen molar-refractivity contribution >= 4 is 35.3 Å². The number of β-lactam (4-membered cyclic amide) rings is 1. The topological polar surface area (TPSA) is 200 Å². The van der Waals surface area contributed by atoms with Crippen molar-refractivity contribution in [1.82, 2.24) is 40.2 Å². The van der Waals surface area contributed by atoms with Crippen molar-refractivity contribution in [2.45, 2.75) is 56.7 Å². The number of piperazine rings is 1. The molecule has 4 aliphatic heterocycles. The van der Waals surface area contributed by atoms with Gasteiger partial charge in [0.15, 0.2) is 5.78 Å². The maximum atomic E-state index is 13.2. The first-order chi connectivity index (χ1) is 20.1. The van der Waals surface area contributed by atoms with Gasteiger partial charge in [-0.3, -0.25) is 19.3 Å². The molecule has 42 heavy (non-hydrogen) atoms. The number of β-amino-alcohol motifs (C(OH)–C–C–N with tert-alkyl or cyclic N) is 1. The zero-order valence-electron chi connectivity index (χ0n) is 23.8. The minimum atomic E-state index is -1.14. The number of carboxylic acid groups (broad SMARTS) is 1. The molecule has 5 rings (SSSR count). The van der Waals surface area contributed by atoms with Gasteiger partial charge in [-0.15, -0.1) is 16.9 Å². The highest BCUT2D eigenvalue weighted by Crippen LogP contribution is 2.53. The van der Waals surface area contributed by atoms with Gasteiger partial charge < -0.3 is 31.1 Å². The number of ketones is 1. The van der Waals surface area contributed by atoms with Crippen LogP contribution in [0.5, 0.6) is 0 Å². The van der Waals surface area contributed by atoms with E-state index in [9.17, 15) is 29.4 Å². The first-order valence-corrected chi connectivity index (χ1v) is 15.3. The lowest BCUT2D eigenvalue weighted by Crippen LogP contribution is -2.62. The molecule has 2 amide bonds. The second-order valence-corrected chi connectivity index (χ2v) is 13.1. The summed E-state index contributed by atoms with van der Waals surface area (Å²) in [4.78, 5) is 57.4. The fraction of sp³-hybridized carbons (Fsp3) is 0.731. The summed E-state index contributed by atoms with van der Waals surface area (Å²) in [6, 6.07) is -0.672. The Kier molecular flexibility index (Phi) is 9.27. The number of thioether (sulfide) groups is 1. The summed E-state index contributed by atoms with van der Waals surface area (Å²) in [7, 11) is 0. The van der Waals surface area contributed by atoms with E-state index in [0.29, 0.717) is 50.6 Å². The average Bonchev–Trinajstić information content (AvgIpc) is 3.69. The zero-order valence-corrected chi connectivity index (χ0v) is 24.6. The lowest BCUT2D eigenvalue weighted by atomic mass is 9.73. The highest BCUT2D eigenvalue weighted by molar-refractivity contribution is 8.03. The number of amides is 2. The molecule has 1 aromatic heterocycles. The van der Waals surface area contributed by atoms with Gasteiger partial charge in [-0.2, -0.15) is 0 Å². The SMILES string of the molecule is C[C@@H](CC(=O)Cn1cnnn1)[C@H]1C(=O)N2C(C(=O)O)=C(S[C@@H]3CN[C@H](C(=O)N4CCN(C[C@H](O)CN)CC4)C3)[C@H](C)[C@H]12. The van der Waals surface area contributed by atoms with Crippen LogP contribution in [0.1, 0.15) is 26.7 Å². The number of aliphatic hydroxyl groups is 1. The number of aliphatic hydroxyl groups excluding tert-OH is 1. The lowest BCUT2D eigenvalue weighted by molar-refractivity contribution is -0.160. The number of hydrogen-bond donors (Lipinski definition) is 4. The van der Waals surface area contributed by atoms with Crippen molar-refractivity contribution < 1.29 is 29.4 Å². The monoisotopic (exact) mass is 605 g/mol. The molecule has 3 fully saturated rings. The Morgan fingerprint density at radius 1 is 1.24 bits per heavy atom. The molecule has 5 N–H and O–H groups in total. The summed E-state index contributed by atoms with van der Waals surface area (Å²) in [6.07, 6.45) is 1.51. The van der Waals surface area contributed by atoms with Crippen molar-refractivity contribution in [3.05, 3.63) is 16.9 Å². The van der Waals surface area contributed by atoms with E-state index in [1.807, 2.05) is 18.7 Å². The summed E-state index contributed by atoms with van der Waals surface area (Å²) in [5.74, 6) is -2.40. The molecule has 0 aliphatic carbocycles. The molecule has 0 aromatic carbocycles. The predicted molar refractivity (Wildman–Crippen MR) is 150 cm³/mol. The Morgan fingerprint density at radius 2 is 1.98 bits per heavy atom. The van der Waals surface area contributed by atoms with Crippen LogP contribution < -0.4 is 11.1 Å². The number of carbonyl (C=O) groups excluding carboxylic acids is 3. The van der Waals surface area contributed by atoms with Crippen LogP contribution in [0.25, 0.3) is 0 Å². The van der Waals surface area contributed by atoms with Crippen LogP contribution in [0.15, 0.2) is 16.9 Å². The number of aliphatic carboxylic acids is 1. The number of aromatic nitrogens is 4. The number of carboxylic acids is 1. The first kappa shape index (κ1) is 30.5. The van der Waals surface area contributed by atoms with E-state index in [2.05, 4.69) is 25.7 Å². The minimum Gasteiger partial charge on any atom is -0.477 e. The largest absolute Gasteiger partial charge is 0.477 e. The Morgan fingerprint density at radius 3 is 2.62 bits per heavy atom. The summed E-state index contributed by atoms with van der Waals surface area (Å²) < 4.78 is 1.34. The zero-order chi connectivity index (χ0) is 30.1. The third-order valence-corrected chi connectivity index (χ3v) is 10.3. The average molecular weight is 606 g/mol. The molecule has 0 saturated carbocycles. The first-order valence-electron chi connectivity index (χ1n) is 14.4. The molecular formula is C26H39N9O6S. The normalized spacial score (nSPS) is 29.4. The summed E-state index contributed by atoms with van der Waals surface area (Å²) in [5, 5.41) is 34.0. The Hall–Kier alpha value is -2.92. The van der Waals surface area contributed by atoms with Crippen molar-refractivity contribution in [3.8, 4) is 0 Å². The van der Waals surface area contributed by atoms with Crippen LogP contribution in [-0.2, 0) is 25.7 Å². The Labute approximate surface area is 247 Å². The number of nitrogens with one attached hydrogen (secondary N) is 1. The van der Waals surface area contributed by atoms with E-state index in [4.69, 9.17) is 5.73 Å². The fourth-order valence-corrected chi connectivity index (χ4v) is 8.13. The van der Waals surface area contributed by atoms with Crippen LogP contribution in [0, 0.1) is 17.8 Å². The summed E-state index contributed by atoms with van der Waals surface area (Å²) in [6.45, 7) is 7.57. The van der Waals surface area contributed by atoms with E-state index in [-0.39, 0.29) is 72.0 Å². The fourth-order valence-electron chi connectivity index (χ4n) is 6.66. The molecule has 0 radical (unpaired) electrons. The summed E-state index contributed by atoms with van der Waals surface area (Å²) in [5.41, 5.74) is 5.54. The van der Waals surface area contributed by atoms with E-state index in [1.165, 1.54) is 27.7 Å². The number of Topliss-reactive ketones (excluding diaryl/α,β-unsaturated/α-hetero) is 1. The molecule has 3 saturated heterocycles. The van der Waals surface area contributed by atoms with Crippen LogP contribution in [-0.4, -0.2) is 138 Å². The number of hydrogen-bond acceptors (Lipinski definition) is 12. The van der Waals surface area contributed by atoms with Crippen LogP contribution in [0.3, 0.4) is 0 Å². The standard InChI is InChI=1S/C26H39N9O6S/c1-14(7-16(36)12-34-13-29-30-31-34)20-21-15(2)23(22(26(40)41)35(21)25(20)39)42-18-8-19(28-10-18)24(38)33-5-3-32(4-6-33)11-17(37)9-27/h13-15,17-21,28,37H,3-12,27H2,1-2H3,(H,40,41)/t14-,15+,17+,18-,19-,20+,21+/m0/s1. The predicted octanol–water partition coefficient (Wildman–Crippen LogP) is -2.03. The molecule has 0 spiro atoms. The van der Waals surface area contributed by atoms with Crippen LogP contribution >= 0.6 is 11.8 Å². The number of rotatable bonds is 12. The highest BCUT2D eigenvalue weighted by atomic mass is 32.2. The number of nitrogens with zero attached hydrogens (tertiary/aromatic N) is 7. The van der Waals surface area contributed by atoms with E-state index in [1.54, 1.807) is 0 Å². The van der Waals surface area contributed by atoms with E-state index >= 15 is 0 Å². The second kappa shape index (κ2) is 12.8.